The van der Waals surface area contributed by atoms with Crippen LogP contribution in [0.25, 0.3) is 0 Å². The summed E-state index contributed by atoms with van der Waals surface area (Å²) in [5, 5.41) is 15.3. The second-order valence-corrected chi connectivity index (χ2v) is 6.20. The van der Waals surface area contributed by atoms with Gasteiger partial charge in [0.05, 0.1) is 0 Å². The van der Waals surface area contributed by atoms with Crippen molar-refractivity contribution < 1.29 is 4.79 Å². The van der Waals surface area contributed by atoms with Gasteiger partial charge in [0.15, 0.2) is 0 Å². The van der Waals surface area contributed by atoms with Crippen LogP contribution in [-0.4, -0.2) is 22.1 Å². The lowest BCUT2D eigenvalue weighted by molar-refractivity contribution is -0.117. The lowest BCUT2D eigenvalue weighted by Gasteiger charge is -2.17. The quantitative estimate of drug-likeness (QED) is 0.889. The minimum Gasteiger partial charge on any atom is -0.374 e. The van der Waals surface area contributed by atoms with Crippen molar-refractivity contribution >= 4 is 28.1 Å². The Morgan fingerprint density at radius 2 is 2.00 bits per heavy atom. The number of anilines is 2. The molecule has 0 aliphatic rings. The standard InChI is InChI=1S/C15H20N4OS/c1-5-13(14(20)17-15-19-18-11(4)21-15)16-12-7-6-9(2)10(3)8-12/h6-8,13,16H,5H2,1-4H3,(H,17,19,20). The van der Waals surface area contributed by atoms with Gasteiger partial charge in [0.2, 0.25) is 11.0 Å². The highest BCUT2D eigenvalue weighted by Crippen LogP contribution is 2.18. The normalized spacial score (nSPS) is 12.0. The van der Waals surface area contributed by atoms with Crippen molar-refractivity contribution in [2.75, 3.05) is 10.6 Å². The first-order chi connectivity index (χ1) is 9.99. The molecule has 1 aromatic carbocycles. The molecule has 0 saturated heterocycles. The Kier molecular flexibility index (Phi) is 4.90. The largest absolute Gasteiger partial charge is 0.374 e. The average molecular weight is 304 g/mol. The molecular formula is C15H20N4OS. The first kappa shape index (κ1) is 15.4. The first-order valence-electron chi connectivity index (χ1n) is 6.94. The van der Waals surface area contributed by atoms with Crippen molar-refractivity contribution in [2.24, 2.45) is 0 Å². The number of benzene rings is 1. The van der Waals surface area contributed by atoms with E-state index >= 15 is 0 Å². The maximum Gasteiger partial charge on any atom is 0.248 e. The predicted octanol–water partition coefficient (Wildman–Crippen LogP) is 3.29. The molecular weight excluding hydrogens is 284 g/mol. The van der Waals surface area contributed by atoms with Crippen LogP contribution in [0.2, 0.25) is 0 Å². The zero-order valence-corrected chi connectivity index (χ0v) is 13.5. The van der Waals surface area contributed by atoms with Crippen LogP contribution in [0.3, 0.4) is 0 Å². The first-order valence-corrected chi connectivity index (χ1v) is 7.76. The molecule has 0 radical (unpaired) electrons. The summed E-state index contributed by atoms with van der Waals surface area (Å²) in [6, 6.07) is 5.81. The Bertz CT molecular complexity index is 638. The zero-order valence-electron chi connectivity index (χ0n) is 12.7. The number of rotatable bonds is 5. The molecule has 1 heterocycles. The van der Waals surface area contributed by atoms with E-state index in [9.17, 15) is 4.79 Å². The maximum absolute atomic E-state index is 12.3. The van der Waals surface area contributed by atoms with Gasteiger partial charge in [0, 0.05) is 5.69 Å². The van der Waals surface area contributed by atoms with Gasteiger partial charge in [-0.15, -0.1) is 10.2 Å². The van der Waals surface area contributed by atoms with Gasteiger partial charge in [-0.1, -0.05) is 24.3 Å². The molecule has 1 atom stereocenters. The van der Waals surface area contributed by atoms with Gasteiger partial charge in [-0.25, -0.2) is 0 Å². The molecule has 112 valence electrons. The Hall–Kier alpha value is -1.95. The topological polar surface area (TPSA) is 66.9 Å². The van der Waals surface area contributed by atoms with Crippen LogP contribution in [-0.2, 0) is 4.79 Å². The SMILES string of the molecule is CCC(Nc1ccc(C)c(C)c1)C(=O)Nc1nnc(C)s1. The summed E-state index contributed by atoms with van der Waals surface area (Å²) in [7, 11) is 0. The minimum atomic E-state index is -0.295. The molecule has 2 rings (SSSR count). The highest BCUT2D eigenvalue weighted by Gasteiger charge is 2.18. The molecule has 0 aliphatic carbocycles. The van der Waals surface area contributed by atoms with Crippen LogP contribution in [0.15, 0.2) is 18.2 Å². The Morgan fingerprint density at radius 3 is 2.57 bits per heavy atom. The van der Waals surface area contributed by atoms with E-state index in [1.165, 1.54) is 22.5 Å². The number of nitrogens with one attached hydrogen (secondary N) is 2. The summed E-state index contributed by atoms with van der Waals surface area (Å²) in [5.74, 6) is -0.0909. The molecule has 1 amide bonds. The van der Waals surface area contributed by atoms with Gasteiger partial charge in [-0.2, -0.15) is 0 Å². The van der Waals surface area contributed by atoms with Gasteiger partial charge >= 0.3 is 0 Å². The molecule has 0 fully saturated rings. The van der Waals surface area contributed by atoms with Gasteiger partial charge in [0.1, 0.15) is 11.0 Å². The van der Waals surface area contributed by atoms with Crippen LogP contribution >= 0.6 is 11.3 Å². The van der Waals surface area contributed by atoms with Gasteiger partial charge in [-0.05, 0) is 50.5 Å². The summed E-state index contributed by atoms with van der Waals surface area (Å²) < 4.78 is 0. The molecule has 1 unspecified atom stereocenters. The van der Waals surface area contributed by atoms with Gasteiger partial charge < -0.3 is 5.32 Å². The predicted molar refractivity (Wildman–Crippen MR) is 86.9 cm³/mol. The van der Waals surface area contributed by atoms with Crippen molar-refractivity contribution in [3.05, 3.63) is 34.3 Å². The summed E-state index contributed by atoms with van der Waals surface area (Å²) in [6.07, 6.45) is 0.691. The molecule has 0 bridgehead atoms. The Labute approximate surface area is 128 Å². The minimum absolute atomic E-state index is 0.0909. The number of hydrogen-bond donors (Lipinski definition) is 2. The van der Waals surface area contributed by atoms with E-state index in [4.69, 9.17) is 0 Å². The van der Waals surface area contributed by atoms with E-state index in [2.05, 4.69) is 46.8 Å². The van der Waals surface area contributed by atoms with E-state index < -0.39 is 0 Å². The average Bonchev–Trinajstić information content (AvgIpc) is 2.85. The van der Waals surface area contributed by atoms with Gasteiger partial charge in [-0.3, -0.25) is 10.1 Å². The van der Waals surface area contributed by atoms with E-state index in [0.29, 0.717) is 11.6 Å². The number of aromatic nitrogens is 2. The molecule has 2 N–H and O–H groups in total. The number of carbonyl (C=O) groups is 1. The Morgan fingerprint density at radius 1 is 1.24 bits per heavy atom. The van der Waals surface area contributed by atoms with Crippen LogP contribution in [0.1, 0.15) is 29.5 Å². The van der Waals surface area contributed by atoms with Crippen molar-refractivity contribution in [1.29, 1.82) is 0 Å². The van der Waals surface area contributed by atoms with E-state index in [0.717, 1.165) is 10.7 Å². The van der Waals surface area contributed by atoms with Crippen molar-refractivity contribution in [3.63, 3.8) is 0 Å². The monoisotopic (exact) mass is 304 g/mol. The molecule has 6 heteroatoms. The van der Waals surface area contributed by atoms with Gasteiger partial charge in [0.25, 0.3) is 0 Å². The lowest BCUT2D eigenvalue weighted by Crippen LogP contribution is -2.34. The summed E-state index contributed by atoms with van der Waals surface area (Å²) in [6.45, 7) is 7.97. The third kappa shape index (κ3) is 4.01. The van der Waals surface area contributed by atoms with E-state index in [1.54, 1.807) is 0 Å². The number of hydrogen-bond acceptors (Lipinski definition) is 5. The molecule has 0 aliphatic heterocycles. The second-order valence-electron chi connectivity index (χ2n) is 5.02. The summed E-state index contributed by atoms with van der Waals surface area (Å²) in [5.41, 5.74) is 3.39. The molecule has 5 nitrogen and oxygen atoms in total. The third-order valence-electron chi connectivity index (χ3n) is 3.33. The Balaban J connectivity index is 2.04. The fourth-order valence-electron chi connectivity index (χ4n) is 1.92. The zero-order chi connectivity index (χ0) is 15.4. The molecule has 0 saturated carbocycles. The van der Waals surface area contributed by atoms with E-state index in [-0.39, 0.29) is 11.9 Å². The van der Waals surface area contributed by atoms with Crippen molar-refractivity contribution in [3.8, 4) is 0 Å². The van der Waals surface area contributed by atoms with Crippen LogP contribution in [0, 0.1) is 20.8 Å². The number of nitrogens with zero attached hydrogens (tertiary/aromatic N) is 2. The third-order valence-corrected chi connectivity index (χ3v) is 4.08. The molecule has 1 aromatic heterocycles. The fraction of sp³-hybridized carbons (Fsp3) is 0.400. The number of amides is 1. The van der Waals surface area contributed by atoms with Crippen LogP contribution in [0.5, 0.6) is 0 Å². The molecule has 0 spiro atoms. The fourth-order valence-corrected chi connectivity index (χ4v) is 2.52. The second kappa shape index (κ2) is 6.67. The smallest absolute Gasteiger partial charge is 0.248 e. The molecule has 21 heavy (non-hydrogen) atoms. The highest BCUT2D eigenvalue weighted by atomic mass is 32.1. The van der Waals surface area contributed by atoms with Crippen LogP contribution in [0.4, 0.5) is 10.8 Å². The highest BCUT2D eigenvalue weighted by molar-refractivity contribution is 7.15. The van der Waals surface area contributed by atoms with Crippen LogP contribution < -0.4 is 10.6 Å². The van der Waals surface area contributed by atoms with Crippen molar-refractivity contribution in [1.82, 2.24) is 10.2 Å². The molecule has 2 aromatic rings. The number of aryl methyl sites for hydroxylation is 3. The summed E-state index contributed by atoms with van der Waals surface area (Å²) >= 11 is 1.37. The summed E-state index contributed by atoms with van der Waals surface area (Å²) in [4.78, 5) is 12.3. The van der Waals surface area contributed by atoms with E-state index in [1.807, 2.05) is 19.9 Å². The maximum atomic E-state index is 12.3. The number of carbonyl (C=O) groups excluding carboxylic acids is 1. The van der Waals surface area contributed by atoms with Crippen molar-refractivity contribution in [2.45, 2.75) is 40.2 Å². The lowest BCUT2D eigenvalue weighted by atomic mass is 10.1.